The maximum absolute atomic E-state index is 14.0. The van der Waals surface area contributed by atoms with Gasteiger partial charge in [0.2, 0.25) is 0 Å². The molecule has 32 heavy (non-hydrogen) atoms. The van der Waals surface area contributed by atoms with Crippen LogP contribution in [0.2, 0.25) is 5.02 Å². The molecule has 5 nitrogen and oxygen atoms in total. The van der Waals surface area contributed by atoms with Crippen molar-refractivity contribution in [3.63, 3.8) is 0 Å². The average Bonchev–Trinajstić information content (AvgIpc) is 3.30. The molecule has 0 radical (unpaired) electrons. The lowest BCUT2D eigenvalue weighted by Crippen LogP contribution is -2.54. The highest BCUT2D eigenvalue weighted by molar-refractivity contribution is 8.56. The molecular weight excluding hydrogens is 470 g/mol. The van der Waals surface area contributed by atoms with Crippen molar-refractivity contribution in [3.8, 4) is 0 Å². The number of carbonyl (C=O) groups excluding carboxylic acids is 1. The molecule has 1 aromatic carbocycles. The van der Waals surface area contributed by atoms with Gasteiger partial charge in [0, 0.05) is 25.6 Å². The zero-order valence-corrected chi connectivity index (χ0v) is 20.4. The second-order valence-electron chi connectivity index (χ2n) is 8.23. The molecule has 1 saturated heterocycles. The van der Waals surface area contributed by atoms with Crippen LogP contribution in [0.1, 0.15) is 31.2 Å². The van der Waals surface area contributed by atoms with Gasteiger partial charge in [0.1, 0.15) is 10.8 Å². The van der Waals surface area contributed by atoms with E-state index < -0.39 is 9.24 Å². The smallest absolute Gasteiger partial charge is 0.258 e. The maximum atomic E-state index is 14.0. The Balaban J connectivity index is 1.62. The summed E-state index contributed by atoms with van der Waals surface area (Å²) in [6.45, 7) is 3.58. The fourth-order valence-electron chi connectivity index (χ4n) is 4.78. The number of hydrogen-bond donors (Lipinski definition) is 2. The lowest BCUT2D eigenvalue weighted by atomic mass is 9.76. The van der Waals surface area contributed by atoms with Crippen LogP contribution in [-0.4, -0.2) is 34.8 Å². The SMILES string of the molecule is CCC[C@H]1CNC[C@@H](NC(=O)C2=CC=CS2(Cl)c2c(Cl)cnn2C)[C@@H]1c1cccc(F)c1. The molecule has 2 aliphatic rings. The highest BCUT2D eigenvalue weighted by atomic mass is 35.7. The molecular formula is C23H27Cl2FN4OS. The van der Waals surface area contributed by atoms with Crippen molar-refractivity contribution in [2.75, 3.05) is 13.1 Å². The van der Waals surface area contributed by atoms with E-state index in [2.05, 4.69) is 22.7 Å². The summed E-state index contributed by atoms with van der Waals surface area (Å²) in [5, 5.41) is 13.7. The van der Waals surface area contributed by atoms with Crippen LogP contribution in [-0.2, 0) is 11.8 Å². The van der Waals surface area contributed by atoms with Gasteiger partial charge in [0.05, 0.1) is 16.1 Å². The number of allylic oxidation sites excluding steroid dienone is 2. The molecule has 1 amide bonds. The quantitative estimate of drug-likeness (QED) is 0.575. The molecule has 0 spiro atoms. The Labute approximate surface area is 198 Å². The van der Waals surface area contributed by atoms with Gasteiger partial charge < -0.3 is 10.6 Å². The van der Waals surface area contributed by atoms with Gasteiger partial charge in [0.25, 0.3) is 5.91 Å². The third-order valence-electron chi connectivity index (χ3n) is 6.10. The van der Waals surface area contributed by atoms with Crippen LogP contribution >= 0.6 is 31.5 Å². The van der Waals surface area contributed by atoms with Crippen LogP contribution in [0, 0.1) is 11.7 Å². The minimum absolute atomic E-state index is 0.00540. The van der Waals surface area contributed by atoms with Gasteiger partial charge >= 0.3 is 0 Å². The van der Waals surface area contributed by atoms with Crippen LogP contribution < -0.4 is 10.6 Å². The molecule has 2 aromatic rings. The number of aryl methyl sites for hydroxylation is 1. The molecule has 9 heteroatoms. The number of rotatable bonds is 6. The van der Waals surface area contributed by atoms with Crippen LogP contribution in [0.25, 0.3) is 0 Å². The number of benzene rings is 1. The molecule has 3 heterocycles. The van der Waals surface area contributed by atoms with E-state index in [9.17, 15) is 9.18 Å². The van der Waals surface area contributed by atoms with E-state index in [-0.39, 0.29) is 29.6 Å². The van der Waals surface area contributed by atoms with Crippen molar-refractivity contribution in [1.82, 2.24) is 20.4 Å². The van der Waals surface area contributed by atoms with Crippen molar-refractivity contribution in [3.05, 3.63) is 69.3 Å². The van der Waals surface area contributed by atoms with Gasteiger partial charge in [-0.15, -0.1) is 0 Å². The Morgan fingerprint density at radius 2 is 2.22 bits per heavy atom. The minimum atomic E-state index is -2.27. The van der Waals surface area contributed by atoms with Gasteiger partial charge in [-0.3, -0.25) is 9.48 Å². The van der Waals surface area contributed by atoms with Crippen molar-refractivity contribution in [2.24, 2.45) is 13.0 Å². The van der Waals surface area contributed by atoms with E-state index in [4.69, 9.17) is 22.3 Å². The van der Waals surface area contributed by atoms with Crippen LogP contribution in [0.5, 0.6) is 0 Å². The number of nitrogens with zero attached hydrogens (tertiary/aromatic N) is 2. The van der Waals surface area contributed by atoms with Gasteiger partial charge in [-0.1, -0.05) is 63.1 Å². The topological polar surface area (TPSA) is 58.9 Å². The van der Waals surface area contributed by atoms with Crippen molar-refractivity contribution in [1.29, 1.82) is 0 Å². The zero-order chi connectivity index (χ0) is 22.9. The van der Waals surface area contributed by atoms with Crippen LogP contribution in [0.3, 0.4) is 0 Å². The van der Waals surface area contributed by atoms with Crippen LogP contribution in [0.15, 0.2) is 58.0 Å². The Morgan fingerprint density at radius 3 is 2.91 bits per heavy atom. The monoisotopic (exact) mass is 496 g/mol. The van der Waals surface area contributed by atoms with E-state index in [1.807, 2.05) is 11.5 Å². The van der Waals surface area contributed by atoms with Gasteiger partial charge in [-0.05, 0) is 48.1 Å². The maximum Gasteiger partial charge on any atom is 0.258 e. The molecule has 0 aliphatic carbocycles. The third kappa shape index (κ3) is 4.36. The van der Waals surface area contributed by atoms with E-state index >= 15 is 0 Å². The molecule has 1 aromatic heterocycles. The molecule has 2 N–H and O–H groups in total. The number of carbonyl (C=O) groups is 1. The van der Waals surface area contributed by atoms with Crippen molar-refractivity contribution in [2.45, 2.75) is 36.8 Å². The van der Waals surface area contributed by atoms with Gasteiger partial charge in [-0.25, -0.2) is 4.39 Å². The second kappa shape index (κ2) is 9.59. The number of amides is 1. The van der Waals surface area contributed by atoms with E-state index in [1.165, 1.54) is 12.3 Å². The molecule has 2 aliphatic heterocycles. The fourth-order valence-corrected chi connectivity index (χ4v) is 8.67. The largest absolute Gasteiger partial charge is 0.347 e. The van der Waals surface area contributed by atoms with E-state index in [1.54, 1.807) is 36.0 Å². The lowest BCUT2D eigenvalue weighted by Gasteiger charge is -2.40. The number of hydrogen-bond acceptors (Lipinski definition) is 3. The summed E-state index contributed by atoms with van der Waals surface area (Å²) < 4.78 is 15.7. The Bertz CT molecular complexity index is 1050. The molecule has 1 fully saturated rings. The summed E-state index contributed by atoms with van der Waals surface area (Å²) in [5.41, 5.74) is 0.910. The van der Waals surface area contributed by atoms with E-state index in [0.29, 0.717) is 21.5 Å². The summed E-state index contributed by atoms with van der Waals surface area (Å²) >= 11 is 6.36. The first-order valence-electron chi connectivity index (χ1n) is 10.7. The molecule has 4 atom stereocenters. The van der Waals surface area contributed by atoms with Crippen molar-refractivity contribution < 1.29 is 9.18 Å². The number of nitrogens with one attached hydrogen (secondary N) is 2. The first-order chi connectivity index (χ1) is 15.3. The predicted molar refractivity (Wildman–Crippen MR) is 129 cm³/mol. The van der Waals surface area contributed by atoms with Crippen molar-refractivity contribution >= 4 is 37.4 Å². The number of piperidine rings is 1. The minimum Gasteiger partial charge on any atom is -0.347 e. The van der Waals surface area contributed by atoms with Gasteiger partial charge in [-0.2, -0.15) is 5.10 Å². The zero-order valence-electron chi connectivity index (χ0n) is 18.0. The molecule has 0 bridgehead atoms. The highest BCUT2D eigenvalue weighted by Crippen LogP contribution is 2.71. The standard InChI is InChI=1S/C23H27Cl2FN4OS/c1-3-6-16-12-27-14-19(21(16)15-7-4-8-17(26)11-15)29-22(31)20-9-5-10-32(20,25)23-18(24)13-28-30(23)2/h4-5,7-11,13,16,19,21,27H,3,6,12,14H2,1-2H3,(H,29,31)/t16-,19+,21+/m0/s1. The predicted octanol–water partition coefficient (Wildman–Crippen LogP) is 5.23. The molecule has 1 unspecified atom stereocenters. The van der Waals surface area contributed by atoms with E-state index in [0.717, 1.165) is 24.9 Å². The summed E-state index contributed by atoms with van der Waals surface area (Å²) in [6.07, 6.45) is 7.08. The molecule has 172 valence electrons. The lowest BCUT2D eigenvalue weighted by molar-refractivity contribution is -0.117. The first kappa shape index (κ1) is 23.4. The summed E-state index contributed by atoms with van der Waals surface area (Å²) in [5.74, 6) is -0.205. The Morgan fingerprint density at radius 1 is 1.41 bits per heavy atom. The Hall–Kier alpha value is -1.80. The molecule has 0 saturated carbocycles. The molecule has 4 rings (SSSR count). The summed E-state index contributed by atoms with van der Waals surface area (Å²) in [4.78, 5) is 14.0. The normalized spacial score (nSPS) is 29.4. The number of aromatic nitrogens is 2. The summed E-state index contributed by atoms with van der Waals surface area (Å²) in [7, 11) is 6.53. The van der Waals surface area contributed by atoms with Crippen LogP contribution in [0.4, 0.5) is 4.39 Å². The highest BCUT2D eigenvalue weighted by Gasteiger charge is 2.40. The fraction of sp³-hybridized carbons (Fsp3) is 0.391. The second-order valence-corrected chi connectivity index (χ2v) is 12.4. The third-order valence-corrected chi connectivity index (χ3v) is 10.3. The first-order valence-corrected chi connectivity index (χ1v) is 13.6. The van der Waals surface area contributed by atoms with Gasteiger partial charge in [0.15, 0.2) is 0 Å². The Kier molecular flexibility index (Phi) is 7.00. The number of halogens is 3. The average molecular weight is 497 g/mol. The summed E-state index contributed by atoms with van der Waals surface area (Å²) in [6, 6.07) is 6.52.